The van der Waals surface area contributed by atoms with E-state index in [-0.39, 0.29) is 0 Å². The van der Waals surface area contributed by atoms with E-state index < -0.39 is 0 Å². The molecule has 1 N–H and O–H groups in total. The van der Waals surface area contributed by atoms with Gasteiger partial charge < -0.3 is 10.2 Å². The maximum absolute atomic E-state index is 3.51. The van der Waals surface area contributed by atoms with Crippen LogP contribution in [0.1, 0.15) is 44.7 Å². The van der Waals surface area contributed by atoms with Crippen LogP contribution in [-0.4, -0.2) is 20.1 Å². The molecule has 18 heavy (non-hydrogen) atoms. The van der Waals surface area contributed by atoms with Gasteiger partial charge in [0.15, 0.2) is 0 Å². The molecule has 0 amide bonds. The van der Waals surface area contributed by atoms with Crippen molar-refractivity contribution in [3.8, 4) is 0 Å². The molecule has 2 nitrogen and oxygen atoms in total. The van der Waals surface area contributed by atoms with E-state index in [4.69, 9.17) is 0 Å². The first-order valence-electron chi connectivity index (χ1n) is 7.25. The number of para-hydroxylation sites is 1. The Balaban J connectivity index is 2.09. The quantitative estimate of drug-likeness (QED) is 0.825. The van der Waals surface area contributed by atoms with Gasteiger partial charge in [0, 0.05) is 25.3 Å². The summed E-state index contributed by atoms with van der Waals surface area (Å²) in [6.07, 6.45) is 4.25. The lowest BCUT2D eigenvalue weighted by Crippen LogP contribution is -2.31. The average molecular weight is 246 g/mol. The van der Waals surface area contributed by atoms with Crippen LogP contribution in [0, 0.1) is 5.92 Å². The summed E-state index contributed by atoms with van der Waals surface area (Å²) in [4.78, 5) is 2.44. The summed E-state index contributed by atoms with van der Waals surface area (Å²) in [5.74, 6) is 0.914. The molecule has 0 bridgehead atoms. The van der Waals surface area contributed by atoms with E-state index in [2.05, 4.69) is 55.4 Å². The number of benzene rings is 1. The highest BCUT2D eigenvalue weighted by Crippen LogP contribution is 2.31. The summed E-state index contributed by atoms with van der Waals surface area (Å²) in [6, 6.07) is 9.22. The van der Waals surface area contributed by atoms with Gasteiger partial charge in [-0.3, -0.25) is 0 Å². The molecular formula is C16H26N2. The zero-order valence-electron chi connectivity index (χ0n) is 11.9. The zero-order valence-corrected chi connectivity index (χ0v) is 11.9. The maximum atomic E-state index is 3.51. The van der Waals surface area contributed by atoms with Crippen molar-refractivity contribution in [3.05, 3.63) is 29.8 Å². The van der Waals surface area contributed by atoms with Gasteiger partial charge in [-0.2, -0.15) is 0 Å². The van der Waals surface area contributed by atoms with Gasteiger partial charge in [-0.05, 0) is 43.9 Å². The van der Waals surface area contributed by atoms with Gasteiger partial charge in [-0.25, -0.2) is 0 Å². The van der Waals surface area contributed by atoms with Gasteiger partial charge in [0.05, 0.1) is 0 Å². The molecule has 1 aromatic rings. The number of nitrogens with one attached hydrogen (secondary N) is 1. The largest absolute Gasteiger partial charge is 0.374 e. The molecule has 0 aliphatic heterocycles. The Morgan fingerprint density at radius 3 is 2.67 bits per heavy atom. The van der Waals surface area contributed by atoms with E-state index >= 15 is 0 Å². The number of anilines is 1. The van der Waals surface area contributed by atoms with Crippen molar-refractivity contribution in [2.24, 2.45) is 5.92 Å². The SMILES string of the molecule is CCNC(C)c1ccccc1N(C)CC1CCC1. The molecule has 1 fully saturated rings. The lowest BCUT2D eigenvalue weighted by Gasteiger charge is -2.33. The van der Waals surface area contributed by atoms with Gasteiger partial charge in [-0.1, -0.05) is 31.5 Å². The van der Waals surface area contributed by atoms with Crippen LogP contribution in [0.2, 0.25) is 0 Å². The van der Waals surface area contributed by atoms with Crippen molar-refractivity contribution in [2.45, 2.75) is 39.2 Å². The molecule has 1 aliphatic carbocycles. The van der Waals surface area contributed by atoms with Crippen LogP contribution in [0.4, 0.5) is 5.69 Å². The molecule has 1 unspecified atom stereocenters. The molecular weight excluding hydrogens is 220 g/mol. The molecule has 1 saturated carbocycles. The van der Waals surface area contributed by atoms with E-state index in [0.29, 0.717) is 6.04 Å². The smallest absolute Gasteiger partial charge is 0.0412 e. The van der Waals surface area contributed by atoms with Crippen molar-refractivity contribution in [1.82, 2.24) is 5.32 Å². The number of nitrogens with zero attached hydrogens (tertiary/aromatic N) is 1. The molecule has 0 spiro atoms. The Kier molecular flexibility index (Phi) is 4.65. The third kappa shape index (κ3) is 3.05. The second kappa shape index (κ2) is 6.24. The average Bonchev–Trinajstić information content (AvgIpc) is 2.34. The summed E-state index contributed by atoms with van der Waals surface area (Å²) >= 11 is 0. The molecule has 1 atom stereocenters. The summed E-state index contributed by atoms with van der Waals surface area (Å²) in [6.45, 7) is 6.63. The second-order valence-corrected chi connectivity index (χ2v) is 5.52. The summed E-state index contributed by atoms with van der Waals surface area (Å²) in [5.41, 5.74) is 2.80. The fourth-order valence-electron chi connectivity index (χ4n) is 2.78. The first kappa shape index (κ1) is 13.4. The minimum Gasteiger partial charge on any atom is -0.374 e. The molecule has 2 heteroatoms. The van der Waals surface area contributed by atoms with E-state index in [9.17, 15) is 0 Å². The number of hydrogen-bond donors (Lipinski definition) is 1. The van der Waals surface area contributed by atoms with E-state index in [0.717, 1.165) is 12.5 Å². The Bertz CT molecular complexity index is 371. The maximum Gasteiger partial charge on any atom is 0.0412 e. The fraction of sp³-hybridized carbons (Fsp3) is 0.625. The third-order valence-electron chi connectivity index (χ3n) is 4.08. The monoisotopic (exact) mass is 246 g/mol. The molecule has 1 aromatic carbocycles. The fourth-order valence-corrected chi connectivity index (χ4v) is 2.78. The van der Waals surface area contributed by atoms with Crippen LogP contribution in [0.3, 0.4) is 0 Å². The van der Waals surface area contributed by atoms with Crippen LogP contribution in [0.15, 0.2) is 24.3 Å². The second-order valence-electron chi connectivity index (χ2n) is 5.52. The van der Waals surface area contributed by atoms with Crippen LogP contribution in [0.5, 0.6) is 0 Å². The molecule has 0 radical (unpaired) electrons. The van der Waals surface area contributed by atoms with E-state index in [1.54, 1.807) is 0 Å². The molecule has 1 aliphatic rings. The van der Waals surface area contributed by atoms with Crippen molar-refractivity contribution >= 4 is 5.69 Å². The summed E-state index contributed by atoms with van der Waals surface area (Å²) in [7, 11) is 2.23. The molecule has 100 valence electrons. The van der Waals surface area contributed by atoms with Crippen molar-refractivity contribution in [1.29, 1.82) is 0 Å². The van der Waals surface area contributed by atoms with Gasteiger partial charge in [-0.15, -0.1) is 0 Å². The number of rotatable bonds is 6. The Morgan fingerprint density at radius 1 is 1.33 bits per heavy atom. The predicted molar refractivity (Wildman–Crippen MR) is 79.1 cm³/mol. The third-order valence-corrected chi connectivity index (χ3v) is 4.08. The summed E-state index contributed by atoms with van der Waals surface area (Å²) in [5, 5.41) is 3.51. The van der Waals surface area contributed by atoms with Gasteiger partial charge in [0.25, 0.3) is 0 Å². The Labute approximate surface area is 111 Å². The highest BCUT2D eigenvalue weighted by molar-refractivity contribution is 5.54. The lowest BCUT2D eigenvalue weighted by molar-refractivity contribution is 0.321. The normalized spacial score (nSPS) is 17.3. The van der Waals surface area contributed by atoms with E-state index in [1.807, 2.05) is 0 Å². The van der Waals surface area contributed by atoms with Crippen molar-refractivity contribution < 1.29 is 0 Å². The lowest BCUT2D eigenvalue weighted by atomic mass is 9.85. The van der Waals surface area contributed by atoms with E-state index in [1.165, 1.54) is 37.1 Å². The molecule has 0 aromatic heterocycles. The molecule has 0 saturated heterocycles. The van der Waals surface area contributed by atoms with Crippen LogP contribution >= 0.6 is 0 Å². The van der Waals surface area contributed by atoms with Crippen molar-refractivity contribution in [3.63, 3.8) is 0 Å². The first-order chi connectivity index (χ1) is 8.72. The predicted octanol–water partition coefficient (Wildman–Crippen LogP) is 3.59. The highest BCUT2D eigenvalue weighted by Gasteiger charge is 2.20. The number of hydrogen-bond acceptors (Lipinski definition) is 2. The zero-order chi connectivity index (χ0) is 13.0. The van der Waals surface area contributed by atoms with Crippen LogP contribution in [-0.2, 0) is 0 Å². The minimum absolute atomic E-state index is 0.426. The topological polar surface area (TPSA) is 15.3 Å². The highest BCUT2D eigenvalue weighted by atomic mass is 15.1. The van der Waals surface area contributed by atoms with Gasteiger partial charge in [0.2, 0.25) is 0 Å². The van der Waals surface area contributed by atoms with Crippen LogP contribution < -0.4 is 10.2 Å². The Hall–Kier alpha value is -1.02. The van der Waals surface area contributed by atoms with Gasteiger partial charge in [0.1, 0.15) is 0 Å². The standard InChI is InChI=1S/C16H26N2/c1-4-17-13(2)15-10-5-6-11-16(15)18(3)12-14-8-7-9-14/h5-6,10-11,13-14,17H,4,7-9,12H2,1-3H3. The summed E-state index contributed by atoms with van der Waals surface area (Å²) < 4.78 is 0. The Morgan fingerprint density at radius 2 is 2.06 bits per heavy atom. The first-order valence-corrected chi connectivity index (χ1v) is 7.25. The van der Waals surface area contributed by atoms with Crippen molar-refractivity contribution in [2.75, 3.05) is 25.0 Å². The molecule has 0 heterocycles. The van der Waals surface area contributed by atoms with Crippen LogP contribution in [0.25, 0.3) is 0 Å². The molecule has 2 rings (SSSR count). The van der Waals surface area contributed by atoms with Gasteiger partial charge >= 0.3 is 0 Å². The minimum atomic E-state index is 0.426.